The number of nitrogens with zero attached hydrogens (tertiary/aromatic N) is 4. The Labute approximate surface area is 160 Å². The molecule has 0 radical (unpaired) electrons. The lowest BCUT2D eigenvalue weighted by atomic mass is 9.76. The van der Waals surface area contributed by atoms with Crippen molar-refractivity contribution in [3.8, 4) is 11.5 Å². The number of methoxy groups -OCH3 is 1. The second kappa shape index (κ2) is 8.61. The van der Waals surface area contributed by atoms with Crippen molar-refractivity contribution in [3.63, 3.8) is 0 Å². The van der Waals surface area contributed by atoms with E-state index in [-0.39, 0.29) is 11.3 Å². The highest BCUT2D eigenvalue weighted by molar-refractivity contribution is 5.76. The van der Waals surface area contributed by atoms with Gasteiger partial charge in [-0.05, 0) is 37.3 Å². The fourth-order valence-corrected chi connectivity index (χ4v) is 3.67. The van der Waals surface area contributed by atoms with Crippen molar-refractivity contribution in [2.75, 3.05) is 26.8 Å². The average molecular weight is 372 g/mol. The first kappa shape index (κ1) is 19.5. The number of hydrogen-bond donors (Lipinski definition) is 0. The van der Waals surface area contributed by atoms with E-state index < -0.39 is 0 Å². The number of ether oxygens (including phenoxy) is 1. The Hall–Kier alpha value is -2.28. The van der Waals surface area contributed by atoms with Gasteiger partial charge >= 0.3 is 0 Å². The van der Waals surface area contributed by atoms with Gasteiger partial charge in [0, 0.05) is 51.2 Å². The quantitative estimate of drug-likeness (QED) is 0.743. The van der Waals surface area contributed by atoms with E-state index in [4.69, 9.17) is 9.26 Å². The molecule has 1 saturated heterocycles. The molecule has 27 heavy (non-hydrogen) atoms. The molecule has 0 aliphatic carbocycles. The van der Waals surface area contributed by atoms with E-state index in [1.54, 1.807) is 19.5 Å². The van der Waals surface area contributed by atoms with Gasteiger partial charge in [0.25, 0.3) is 5.89 Å². The number of rotatable bonds is 7. The van der Waals surface area contributed by atoms with Gasteiger partial charge in [0.1, 0.15) is 0 Å². The van der Waals surface area contributed by atoms with Crippen LogP contribution in [0.4, 0.5) is 0 Å². The summed E-state index contributed by atoms with van der Waals surface area (Å²) in [7, 11) is 1.69. The predicted octanol–water partition coefficient (Wildman–Crippen LogP) is 3.07. The molecule has 7 heteroatoms. The van der Waals surface area contributed by atoms with Gasteiger partial charge in [0.15, 0.2) is 5.82 Å². The minimum Gasteiger partial charge on any atom is -0.385 e. The third-order valence-corrected chi connectivity index (χ3v) is 5.12. The molecule has 0 spiro atoms. The van der Waals surface area contributed by atoms with E-state index in [2.05, 4.69) is 29.0 Å². The first-order valence-electron chi connectivity index (χ1n) is 9.55. The molecule has 1 aliphatic rings. The molecular formula is C20H28N4O3. The van der Waals surface area contributed by atoms with Crippen LogP contribution in [0.25, 0.3) is 11.5 Å². The molecule has 0 saturated carbocycles. The molecule has 0 bridgehead atoms. The van der Waals surface area contributed by atoms with E-state index in [0.29, 0.717) is 37.2 Å². The van der Waals surface area contributed by atoms with E-state index >= 15 is 0 Å². The first-order valence-corrected chi connectivity index (χ1v) is 9.55. The number of carbonyl (C=O) groups is 1. The Bertz CT molecular complexity index is 747. The van der Waals surface area contributed by atoms with Crippen LogP contribution in [0.3, 0.4) is 0 Å². The average Bonchev–Trinajstić information content (AvgIpc) is 3.18. The van der Waals surface area contributed by atoms with Crippen molar-refractivity contribution >= 4 is 5.91 Å². The molecule has 1 amide bonds. The standard InChI is InChI=1S/C20H28N4O3/c1-15(2)13-17(25)24-11-4-7-20(14-24,8-12-26-3)19-22-18(27-23-19)16-5-9-21-10-6-16/h5-6,9-10,15H,4,7-8,11-14H2,1-3H3. The van der Waals surface area contributed by atoms with Gasteiger partial charge in [0.2, 0.25) is 5.91 Å². The molecule has 0 aromatic carbocycles. The van der Waals surface area contributed by atoms with Crippen LogP contribution < -0.4 is 0 Å². The number of hydrogen-bond acceptors (Lipinski definition) is 6. The molecule has 1 atom stereocenters. The van der Waals surface area contributed by atoms with Gasteiger partial charge in [0.05, 0.1) is 5.41 Å². The molecule has 1 fully saturated rings. The maximum atomic E-state index is 12.7. The highest BCUT2D eigenvalue weighted by atomic mass is 16.5. The highest BCUT2D eigenvalue weighted by Crippen LogP contribution is 2.37. The molecule has 3 rings (SSSR count). The fourth-order valence-electron chi connectivity index (χ4n) is 3.67. The molecule has 1 unspecified atom stereocenters. The van der Waals surface area contributed by atoms with Crippen LogP contribution >= 0.6 is 0 Å². The molecular weight excluding hydrogens is 344 g/mol. The lowest BCUT2D eigenvalue weighted by Gasteiger charge is -2.41. The smallest absolute Gasteiger partial charge is 0.258 e. The normalized spacial score (nSPS) is 20.2. The fraction of sp³-hybridized carbons (Fsp3) is 0.600. The first-order chi connectivity index (χ1) is 13.0. The Morgan fingerprint density at radius 1 is 1.37 bits per heavy atom. The third-order valence-electron chi connectivity index (χ3n) is 5.12. The molecule has 1 aliphatic heterocycles. The zero-order valence-electron chi connectivity index (χ0n) is 16.4. The van der Waals surface area contributed by atoms with Crippen LogP contribution in [0.2, 0.25) is 0 Å². The van der Waals surface area contributed by atoms with E-state index in [9.17, 15) is 4.79 Å². The van der Waals surface area contributed by atoms with Crippen LogP contribution in [0.5, 0.6) is 0 Å². The summed E-state index contributed by atoms with van der Waals surface area (Å²) in [5, 5.41) is 4.30. The van der Waals surface area contributed by atoms with Gasteiger partial charge < -0.3 is 14.2 Å². The Kier molecular flexibility index (Phi) is 6.21. The third kappa shape index (κ3) is 4.53. The predicted molar refractivity (Wildman–Crippen MR) is 101 cm³/mol. The summed E-state index contributed by atoms with van der Waals surface area (Å²) in [6.45, 7) is 6.12. The second-order valence-electron chi connectivity index (χ2n) is 7.70. The molecule has 0 N–H and O–H groups in total. The van der Waals surface area contributed by atoms with Crippen LogP contribution in [-0.2, 0) is 14.9 Å². The van der Waals surface area contributed by atoms with Gasteiger partial charge in [-0.2, -0.15) is 4.98 Å². The minimum atomic E-state index is -0.338. The Balaban J connectivity index is 1.86. The summed E-state index contributed by atoms with van der Waals surface area (Å²) in [4.78, 5) is 23.3. The monoisotopic (exact) mass is 372 g/mol. The van der Waals surface area contributed by atoms with Gasteiger partial charge in [-0.1, -0.05) is 19.0 Å². The maximum absolute atomic E-state index is 12.7. The lowest BCUT2D eigenvalue weighted by molar-refractivity contribution is -0.134. The summed E-state index contributed by atoms with van der Waals surface area (Å²) in [6.07, 6.45) is 6.56. The number of pyridine rings is 1. The van der Waals surface area contributed by atoms with Crippen molar-refractivity contribution in [2.45, 2.75) is 44.9 Å². The van der Waals surface area contributed by atoms with Crippen LogP contribution in [0.1, 0.15) is 45.4 Å². The molecule has 146 valence electrons. The van der Waals surface area contributed by atoms with Crippen molar-refractivity contribution in [2.24, 2.45) is 5.92 Å². The second-order valence-corrected chi connectivity index (χ2v) is 7.70. The number of carbonyl (C=O) groups excluding carboxylic acids is 1. The molecule has 2 aromatic heterocycles. The topological polar surface area (TPSA) is 81.3 Å². The summed E-state index contributed by atoms with van der Waals surface area (Å²) < 4.78 is 10.9. The number of aromatic nitrogens is 3. The zero-order valence-corrected chi connectivity index (χ0v) is 16.4. The molecule has 3 heterocycles. The summed E-state index contributed by atoms with van der Waals surface area (Å²) in [5.41, 5.74) is 0.504. The summed E-state index contributed by atoms with van der Waals surface area (Å²) in [6, 6.07) is 3.69. The Morgan fingerprint density at radius 3 is 2.85 bits per heavy atom. The SMILES string of the molecule is COCCC1(c2noc(-c3ccncc3)n2)CCCN(C(=O)CC(C)C)C1. The van der Waals surface area contributed by atoms with Gasteiger partial charge in [-0.15, -0.1) is 0 Å². The highest BCUT2D eigenvalue weighted by Gasteiger charge is 2.42. The van der Waals surface area contributed by atoms with Crippen molar-refractivity contribution < 1.29 is 14.1 Å². The molecule has 7 nitrogen and oxygen atoms in total. The van der Waals surface area contributed by atoms with E-state index in [0.717, 1.165) is 31.4 Å². The zero-order chi connectivity index (χ0) is 19.3. The van der Waals surface area contributed by atoms with E-state index in [1.165, 1.54) is 0 Å². The lowest BCUT2D eigenvalue weighted by Crippen LogP contribution is -2.49. The number of amides is 1. The number of likely N-dealkylation sites (tertiary alicyclic amines) is 1. The van der Waals surface area contributed by atoms with Gasteiger partial charge in [-0.25, -0.2) is 0 Å². The summed E-state index contributed by atoms with van der Waals surface area (Å²) >= 11 is 0. The summed E-state index contributed by atoms with van der Waals surface area (Å²) in [5.74, 6) is 1.68. The van der Waals surface area contributed by atoms with Gasteiger partial charge in [-0.3, -0.25) is 9.78 Å². The van der Waals surface area contributed by atoms with Crippen LogP contribution in [0.15, 0.2) is 29.0 Å². The molecule has 2 aromatic rings. The largest absolute Gasteiger partial charge is 0.385 e. The van der Waals surface area contributed by atoms with Crippen LogP contribution in [-0.4, -0.2) is 52.7 Å². The maximum Gasteiger partial charge on any atom is 0.258 e. The minimum absolute atomic E-state index is 0.198. The van der Waals surface area contributed by atoms with Crippen molar-refractivity contribution in [1.29, 1.82) is 0 Å². The Morgan fingerprint density at radius 2 is 2.15 bits per heavy atom. The van der Waals surface area contributed by atoms with Crippen molar-refractivity contribution in [3.05, 3.63) is 30.4 Å². The number of piperidine rings is 1. The van der Waals surface area contributed by atoms with Crippen LogP contribution in [0, 0.1) is 5.92 Å². The van der Waals surface area contributed by atoms with E-state index in [1.807, 2.05) is 17.0 Å². The van der Waals surface area contributed by atoms with Crippen molar-refractivity contribution in [1.82, 2.24) is 20.0 Å².